The molecule has 2 aliphatic heterocycles. The standard InChI is InChI=1S/C64H98Br2N2O2S4/c1-7-13-19-23-25-27-29-31-35-41-49-59-53(73-61(49)65)43-51(71-59)57-55-56(64(70)67(57)45-47(37-17-11-5)39-33-21-15-9-3)58(68(63(55)69)46-48(38-18-12-6)40-34-22-16-10-4)52-44-54-60(72-52)50(62(66)74-54)42-36-32-30-28-26-24-20-14-8-2/h43-44,47-48H,7-42,45-46H2,1-6H3. The zero-order valence-electron chi connectivity index (χ0n) is 47.3. The van der Waals surface area contributed by atoms with E-state index in [1.165, 1.54) is 204 Å². The van der Waals surface area contributed by atoms with Crippen LogP contribution in [-0.2, 0) is 22.4 Å². The van der Waals surface area contributed by atoms with Gasteiger partial charge < -0.3 is 9.80 Å². The van der Waals surface area contributed by atoms with Gasteiger partial charge >= 0.3 is 0 Å². The summed E-state index contributed by atoms with van der Waals surface area (Å²) in [7, 11) is 0. The van der Waals surface area contributed by atoms with Gasteiger partial charge in [0.1, 0.15) is 0 Å². The number of hydrogen-bond donors (Lipinski definition) is 0. The Morgan fingerprint density at radius 3 is 1.03 bits per heavy atom. The van der Waals surface area contributed by atoms with Gasteiger partial charge in [-0.05, 0) is 118 Å². The Labute approximate surface area is 484 Å². The summed E-state index contributed by atoms with van der Waals surface area (Å²) >= 11 is 15.4. The maximum absolute atomic E-state index is 15.9. The summed E-state index contributed by atoms with van der Waals surface area (Å²) in [6.07, 6.45) is 44.9. The molecule has 6 heterocycles. The molecule has 414 valence electrons. The first kappa shape index (κ1) is 61.9. The summed E-state index contributed by atoms with van der Waals surface area (Å²) < 4.78 is 7.74. The van der Waals surface area contributed by atoms with Crippen molar-refractivity contribution in [3.63, 3.8) is 0 Å². The van der Waals surface area contributed by atoms with Gasteiger partial charge in [-0.1, -0.05) is 221 Å². The first-order valence-electron chi connectivity index (χ1n) is 30.8. The number of rotatable bonds is 42. The van der Waals surface area contributed by atoms with Gasteiger partial charge in [0.05, 0.1) is 49.3 Å². The van der Waals surface area contributed by atoms with E-state index in [0.29, 0.717) is 36.1 Å². The van der Waals surface area contributed by atoms with E-state index in [0.717, 1.165) is 85.4 Å². The number of fused-ring (bicyclic) bond motifs is 3. The van der Waals surface area contributed by atoms with Gasteiger partial charge in [-0.25, -0.2) is 0 Å². The van der Waals surface area contributed by atoms with Gasteiger partial charge in [-0.3, -0.25) is 9.59 Å². The molecule has 0 radical (unpaired) electrons. The first-order chi connectivity index (χ1) is 36.2. The first-order valence-corrected chi connectivity index (χ1v) is 35.6. The summed E-state index contributed by atoms with van der Waals surface area (Å²) in [6, 6.07) is 4.71. The fourth-order valence-electron chi connectivity index (χ4n) is 11.8. The Kier molecular flexibility index (Phi) is 28.4. The number of thiophene rings is 4. The predicted molar refractivity (Wildman–Crippen MR) is 337 cm³/mol. The smallest absolute Gasteiger partial charge is 0.261 e. The van der Waals surface area contributed by atoms with Gasteiger partial charge in [0.15, 0.2) is 0 Å². The third-order valence-electron chi connectivity index (χ3n) is 16.3. The minimum atomic E-state index is 0.0599. The second-order valence-electron chi connectivity index (χ2n) is 22.5. The maximum Gasteiger partial charge on any atom is 0.261 e. The Balaban J connectivity index is 1.41. The fourth-order valence-corrected chi connectivity index (χ4v) is 18.9. The molecule has 6 rings (SSSR count). The van der Waals surface area contributed by atoms with Crippen molar-refractivity contribution in [1.29, 1.82) is 0 Å². The van der Waals surface area contributed by atoms with Crippen molar-refractivity contribution >= 4 is 119 Å². The van der Waals surface area contributed by atoms with E-state index in [4.69, 9.17) is 0 Å². The largest absolute Gasteiger partial charge is 0.306 e. The molecule has 2 atom stereocenters. The number of aryl methyl sites for hydroxylation is 2. The number of amides is 2. The highest BCUT2D eigenvalue weighted by molar-refractivity contribution is 9.11. The van der Waals surface area contributed by atoms with Crippen LogP contribution in [0.3, 0.4) is 0 Å². The molecule has 0 saturated carbocycles. The molecule has 0 aromatic carbocycles. The lowest BCUT2D eigenvalue weighted by Crippen LogP contribution is -2.34. The zero-order valence-corrected chi connectivity index (χ0v) is 53.7. The monoisotopic (exact) mass is 1210 g/mol. The number of carbonyl (C=O) groups is 2. The number of halogens is 2. The molecule has 4 aromatic heterocycles. The third kappa shape index (κ3) is 17.3. The molecule has 0 bridgehead atoms. The van der Waals surface area contributed by atoms with Crippen LogP contribution >= 0.6 is 77.2 Å². The highest BCUT2D eigenvalue weighted by Gasteiger charge is 2.50. The van der Waals surface area contributed by atoms with Crippen LogP contribution in [0.5, 0.6) is 0 Å². The molecule has 4 aromatic rings. The molecule has 0 aliphatic carbocycles. The van der Waals surface area contributed by atoms with Crippen LogP contribution in [0.2, 0.25) is 0 Å². The zero-order chi connectivity index (χ0) is 52.7. The molecule has 2 aliphatic rings. The Bertz CT molecular complexity index is 2200. The Morgan fingerprint density at radius 1 is 0.392 bits per heavy atom. The van der Waals surface area contributed by atoms with Gasteiger partial charge in [0.2, 0.25) is 0 Å². The maximum atomic E-state index is 15.9. The normalized spacial score (nSPS) is 15.0. The van der Waals surface area contributed by atoms with Crippen molar-refractivity contribution < 1.29 is 9.59 Å². The highest BCUT2D eigenvalue weighted by Crippen LogP contribution is 2.53. The second kappa shape index (κ2) is 34.0. The van der Waals surface area contributed by atoms with E-state index in [2.05, 4.69) is 95.3 Å². The van der Waals surface area contributed by atoms with Crippen molar-refractivity contribution in [3.8, 4) is 0 Å². The average molecular weight is 1220 g/mol. The average Bonchev–Trinajstić information content (AvgIpc) is 4.23. The number of nitrogens with zero attached hydrogens (tertiary/aromatic N) is 2. The van der Waals surface area contributed by atoms with Crippen LogP contribution < -0.4 is 0 Å². The summed E-state index contributed by atoms with van der Waals surface area (Å²) in [5, 5.41) is 0. The summed E-state index contributed by atoms with van der Waals surface area (Å²) in [5.74, 6) is 0.911. The van der Waals surface area contributed by atoms with Crippen LogP contribution in [0.25, 0.3) is 30.2 Å². The molecule has 2 unspecified atom stereocenters. The third-order valence-corrected chi connectivity index (χ3v) is 22.8. The second-order valence-corrected chi connectivity index (χ2v) is 29.3. The molecular formula is C64H98Br2N2O2S4. The van der Waals surface area contributed by atoms with Gasteiger partial charge in [0, 0.05) is 22.5 Å². The van der Waals surface area contributed by atoms with Crippen LogP contribution in [0.1, 0.15) is 281 Å². The lowest BCUT2D eigenvalue weighted by atomic mass is 9.94. The molecule has 10 heteroatoms. The van der Waals surface area contributed by atoms with E-state index in [1.807, 2.05) is 45.3 Å². The van der Waals surface area contributed by atoms with Gasteiger partial charge in [0.25, 0.3) is 11.8 Å². The van der Waals surface area contributed by atoms with E-state index in [1.54, 1.807) is 0 Å². The van der Waals surface area contributed by atoms with Crippen molar-refractivity contribution in [2.24, 2.45) is 11.8 Å². The number of hydrogen-bond acceptors (Lipinski definition) is 6. The molecule has 0 saturated heterocycles. The molecule has 74 heavy (non-hydrogen) atoms. The van der Waals surface area contributed by atoms with Crippen molar-refractivity contribution in [1.82, 2.24) is 9.80 Å². The minimum Gasteiger partial charge on any atom is -0.306 e. The lowest BCUT2D eigenvalue weighted by Gasteiger charge is -2.29. The van der Waals surface area contributed by atoms with Crippen LogP contribution in [0.15, 0.2) is 30.9 Å². The van der Waals surface area contributed by atoms with Crippen molar-refractivity contribution in [3.05, 3.63) is 51.7 Å². The fraction of sp³-hybridized carbons (Fsp3) is 0.719. The van der Waals surface area contributed by atoms with E-state index < -0.39 is 0 Å². The van der Waals surface area contributed by atoms with Crippen LogP contribution in [0, 0.1) is 11.8 Å². The Hall–Kier alpha value is -1.30. The van der Waals surface area contributed by atoms with Crippen molar-refractivity contribution in [2.45, 2.75) is 273 Å². The van der Waals surface area contributed by atoms with E-state index >= 15 is 9.59 Å². The summed E-state index contributed by atoms with van der Waals surface area (Å²) in [5.41, 5.74) is 6.03. The Morgan fingerprint density at radius 2 is 0.689 bits per heavy atom. The molecule has 4 nitrogen and oxygen atoms in total. The topological polar surface area (TPSA) is 40.6 Å². The summed E-state index contributed by atoms with van der Waals surface area (Å²) in [4.78, 5) is 38.3. The van der Waals surface area contributed by atoms with Gasteiger partial charge in [-0.2, -0.15) is 0 Å². The summed E-state index contributed by atoms with van der Waals surface area (Å²) in [6.45, 7) is 15.1. The SMILES string of the molecule is CCCCCCCCCCCc1c(Br)sc2cc(C3=C4C(=O)N(CC(CCCC)CCCCCC)C(c5cc6sc(Br)c(CCCCCCCCCCC)c6s5)=C4C(=O)N3CC(CCCC)CCCCCC)sc12. The van der Waals surface area contributed by atoms with E-state index in [9.17, 15) is 0 Å². The van der Waals surface area contributed by atoms with Crippen LogP contribution in [0.4, 0.5) is 0 Å². The molecule has 0 N–H and O–H groups in total. The van der Waals surface area contributed by atoms with Gasteiger partial charge in [-0.15, -0.1) is 45.3 Å². The molecular weight excluding hydrogens is 1120 g/mol. The minimum absolute atomic E-state index is 0.0599. The van der Waals surface area contributed by atoms with Crippen molar-refractivity contribution in [2.75, 3.05) is 13.1 Å². The molecule has 2 amide bonds. The lowest BCUT2D eigenvalue weighted by molar-refractivity contribution is -0.124. The predicted octanol–water partition coefficient (Wildman–Crippen LogP) is 23.3. The molecule has 0 spiro atoms. The van der Waals surface area contributed by atoms with Crippen LogP contribution in [-0.4, -0.2) is 34.7 Å². The number of carbonyl (C=O) groups excluding carboxylic acids is 2. The molecule has 0 fully saturated rings. The highest BCUT2D eigenvalue weighted by atomic mass is 79.9. The van der Waals surface area contributed by atoms with E-state index in [-0.39, 0.29) is 11.8 Å². The quantitative estimate of drug-likeness (QED) is 0.0415. The number of unbranched alkanes of at least 4 members (excludes halogenated alkanes) is 24.